The highest BCUT2D eigenvalue weighted by Gasteiger charge is 2.15. The number of aromatic nitrogens is 3. The van der Waals surface area contributed by atoms with Gasteiger partial charge < -0.3 is 14.8 Å². The van der Waals surface area contributed by atoms with Crippen molar-refractivity contribution in [1.82, 2.24) is 20.1 Å². The number of urea groups is 1. The van der Waals surface area contributed by atoms with Crippen LogP contribution in [0.3, 0.4) is 0 Å². The number of carbonyl (C=O) groups is 2. The van der Waals surface area contributed by atoms with Crippen molar-refractivity contribution in [3.05, 3.63) is 54.3 Å². The van der Waals surface area contributed by atoms with Crippen molar-refractivity contribution in [3.63, 3.8) is 0 Å². The van der Waals surface area contributed by atoms with Crippen molar-refractivity contribution in [2.24, 2.45) is 7.05 Å². The monoisotopic (exact) mass is 456 g/mol. The number of amides is 3. The lowest BCUT2D eigenvalue weighted by molar-refractivity contribution is -0.117. The molecule has 0 bridgehead atoms. The van der Waals surface area contributed by atoms with E-state index >= 15 is 0 Å². The molecular weight excluding hydrogens is 431 g/mol. The lowest BCUT2D eigenvalue weighted by atomic mass is 10.2. The van der Waals surface area contributed by atoms with Crippen LogP contribution in [0.2, 0.25) is 0 Å². The molecule has 1 heterocycles. The highest BCUT2D eigenvalue weighted by molar-refractivity contribution is 7.99. The van der Waals surface area contributed by atoms with E-state index in [0.29, 0.717) is 11.0 Å². The first-order chi connectivity index (χ1) is 15.4. The van der Waals surface area contributed by atoms with Crippen molar-refractivity contribution in [3.8, 4) is 11.4 Å². The fraction of sp³-hybridized carbons (Fsp3) is 0.273. The number of halogens is 1. The SMILES string of the molecule is CCN(CC)c1ccc(-c2nnc(SCC(=O)NC(=O)Nc3ccccc3F)n2C)cc1. The molecule has 0 saturated carbocycles. The summed E-state index contributed by atoms with van der Waals surface area (Å²) in [5.74, 6) is -0.480. The Morgan fingerprint density at radius 2 is 1.75 bits per heavy atom. The molecule has 0 unspecified atom stereocenters. The zero-order chi connectivity index (χ0) is 23.1. The second-order valence-corrected chi connectivity index (χ2v) is 7.80. The molecule has 0 fully saturated rings. The molecule has 2 aromatic carbocycles. The summed E-state index contributed by atoms with van der Waals surface area (Å²) >= 11 is 1.15. The molecule has 10 heteroatoms. The van der Waals surface area contributed by atoms with Crippen LogP contribution in [0.15, 0.2) is 53.7 Å². The summed E-state index contributed by atoms with van der Waals surface area (Å²) < 4.78 is 15.4. The summed E-state index contributed by atoms with van der Waals surface area (Å²) in [5, 5.41) is 13.4. The number of hydrogen-bond donors (Lipinski definition) is 2. The van der Waals surface area contributed by atoms with Crippen LogP contribution in [-0.4, -0.2) is 45.5 Å². The summed E-state index contributed by atoms with van der Waals surface area (Å²) in [7, 11) is 1.82. The molecule has 0 aliphatic carbocycles. The number of hydrogen-bond acceptors (Lipinski definition) is 6. The van der Waals surface area contributed by atoms with Crippen LogP contribution in [0, 0.1) is 5.82 Å². The standard InChI is InChI=1S/C22H25FN6O2S/c1-4-29(5-2)16-12-10-15(11-13-16)20-26-27-22(28(20)3)32-14-19(30)25-21(31)24-18-9-7-6-8-17(18)23/h6-13H,4-5,14H2,1-3H3,(H2,24,25,30,31). The van der Waals surface area contributed by atoms with E-state index in [1.807, 2.05) is 31.3 Å². The average Bonchev–Trinajstić information content (AvgIpc) is 3.15. The molecule has 0 aliphatic rings. The molecule has 0 saturated heterocycles. The van der Waals surface area contributed by atoms with E-state index in [1.54, 1.807) is 10.6 Å². The summed E-state index contributed by atoms with van der Waals surface area (Å²) in [6, 6.07) is 13.0. The molecule has 8 nitrogen and oxygen atoms in total. The number of nitrogens with zero attached hydrogens (tertiary/aromatic N) is 4. The Balaban J connectivity index is 1.57. The van der Waals surface area contributed by atoms with Crippen LogP contribution in [0.5, 0.6) is 0 Å². The van der Waals surface area contributed by atoms with Crippen LogP contribution < -0.4 is 15.5 Å². The normalized spacial score (nSPS) is 10.6. The van der Waals surface area contributed by atoms with Crippen LogP contribution >= 0.6 is 11.8 Å². The number of para-hydroxylation sites is 1. The van der Waals surface area contributed by atoms with Crippen molar-refractivity contribution in [1.29, 1.82) is 0 Å². The second-order valence-electron chi connectivity index (χ2n) is 6.86. The predicted octanol–water partition coefficient (Wildman–Crippen LogP) is 3.91. The lowest BCUT2D eigenvalue weighted by Gasteiger charge is -2.21. The molecule has 3 aromatic rings. The van der Waals surface area contributed by atoms with E-state index in [0.717, 1.165) is 36.1 Å². The Morgan fingerprint density at radius 1 is 1.06 bits per heavy atom. The van der Waals surface area contributed by atoms with Gasteiger partial charge in [-0.15, -0.1) is 10.2 Å². The van der Waals surface area contributed by atoms with Crippen LogP contribution in [0.4, 0.5) is 20.6 Å². The van der Waals surface area contributed by atoms with Gasteiger partial charge in [-0.3, -0.25) is 10.1 Å². The number of nitrogens with one attached hydrogen (secondary N) is 2. The number of anilines is 2. The maximum atomic E-state index is 13.6. The van der Waals surface area contributed by atoms with Crippen LogP contribution in [0.1, 0.15) is 13.8 Å². The maximum absolute atomic E-state index is 13.6. The van der Waals surface area contributed by atoms with E-state index in [-0.39, 0.29) is 11.4 Å². The third-order valence-electron chi connectivity index (χ3n) is 4.80. The van der Waals surface area contributed by atoms with Crippen molar-refractivity contribution >= 4 is 35.1 Å². The minimum atomic E-state index is -0.798. The van der Waals surface area contributed by atoms with E-state index in [4.69, 9.17) is 0 Å². The predicted molar refractivity (Wildman–Crippen MR) is 124 cm³/mol. The molecule has 3 amide bonds. The minimum Gasteiger partial charge on any atom is -0.372 e. The molecule has 3 rings (SSSR count). The first kappa shape index (κ1) is 23.3. The largest absolute Gasteiger partial charge is 0.372 e. The third kappa shape index (κ3) is 5.64. The van der Waals surface area contributed by atoms with E-state index < -0.39 is 17.8 Å². The lowest BCUT2D eigenvalue weighted by Crippen LogP contribution is -2.35. The molecule has 0 radical (unpaired) electrons. The molecule has 0 atom stereocenters. The zero-order valence-electron chi connectivity index (χ0n) is 18.1. The Hall–Kier alpha value is -3.40. The highest BCUT2D eigenvalue weighted by Crippen LogP contribution is 2.25. The van der Waals surface area contributed by atoms with Gasteiger partial charge >= 0.3 is 6.03 Å². The smallest absolute Gasteiger partial charge is 0.325 e. The van der Waals surface area contributed by atoms with Gasteiger partial charge in [0.2, 0.25) is 5.91 Å². The van der Waals surface area contributed by atoms with Gasteiger partial charge in [-0.05, 0) is 50.2 Å². The fourth-order valence-corrected chi connectivity index (χ4v) is 3.82. The van der Waals surface area contributed by atoms with Crippen LogP contribution in [-0.2, 0) is 11.8 Å². The third-order valence-corrected chi connectivity index (χ3v) is 5.82. The second kappa shape index (κ2) is 10.8. The number of thioether (sulfide) groups is 1. The van der Waals surface area contributed by atoms with Gasteiger partial charge in [0.15, 0.2) is 11.0 Å². The summed E-state index contributed by atoms with van der Waals surface area (Å²) in [6.07, 6.45) is 0. The molecule has 2 N–H and O–H groups in total. The minimum absolute atomic E-state index is 0.00425. The molecule has 0 spiro atoms. The van der Waals surface area contributed by atoms with Gasteiger partial charge in [-0.1, -0.05) is 23.9 Å². The van der Waals surface area contributed by atoms with Gasteiger partial charge in [0.1, 0.15) is 5.82 Å². The highest BCUT2D eigenvalue weighted by atomic mass is 32.2. The van der Waals surface area contributed by atoms with Gasteiger partial charge in [0.25, 0.3) is 0 Å². The topological polar surface area (TPSA) is 92.2 Å². The van der Waals surface area contributed by atoms with Gasteiger partial charge in [-0.25, -0.2) is 9.18 Å². The van der Waals surface area contributed by atoms with E-state index in [1.165, 1.54) is 18.2 Å². The van der Waals surface area contributed by atoms with Gasteiger partial charge in [0, 0.05) is 31.4 Å². The average molecular weight is 457 g/mol. The molecule has 1 aromatic heterocycles. The van der Waals surface area contributed by atoms with Gasteiger partial charge in [-0.2, -0.15) is 0 Å². The summed E-state index contributed by atoms with van der Waals surface area (Å²) in [5.41, 5.74) is 2.05. The Bertz CT molecular complexity index is 1080. The van der Waals surface area contributed by atoms with E-state index in [9.17, 15) is 14.0 Å². The quantitative estimate of drug-likeness (QED) is 0.500. The Labute approximate surface area is 190 Å². The van der Waals surface area contributed by atoms with Crippen molar-refractivity contribution < 1.29 is 14.0 Å². The fourth-order valence-electron chi connectivity index (χ4n) is 3.11. The van der Waals surface area contributed by atoms with Gasteiger partial charge in [0.05, 0.1) is 11.4 Å². The van der Waals surface area contributed by atoms with Crippen molar-refractivity contribution in [2.75, 3.05) is 29.1 Å². The zero-order valence-corrected chi connectivity index (χ0v) is 18.9. The summed E-state index contributed by atoms with van der Waals surface area (Å²) in [4.78, 5) is 26.3. The molecule has 168 valence electrons. The first-order valence-electron chi connectivity index (χ1n) is 10.2. The first-order valence-corrected chi connectivity index (χ1v) is 11.1. The van der Waals surface area contributed by atoms with E-state index in [2.05, 4.69) is 39.6 Å². The summed E-state index contributed by atoms with van der Waals surface area (Å²) in [6.45, 7) is 6.09. The maximum Gasteiger partial charge on any atom is 0.325 e. The molecular formula is C22H25FN6O2S. The number of rotatable bonds is 8. The Kier molecular flexibility index (Phi) is 7.82. The molecule has 32 heavy (non-hydrogen) atoms. The number of benzene rings is 2. The van der Waals surface area contributed by atoms with Crippen molar-refractivity contribution in [2.45, 2.75) is 19.0 Å². The Morgan fingerprint density at radius 3 is 2.41 bits per heavy atom. The van der Waals surface area contributed by atoms with Crippen LogP contribution in [0.25, 0.3) is 11.4 Å². The number of imide groups is 1. The number of carbonyl (C=O) groups excluding carboxylic acids is 2. The molecule has 0 aliphatic heterocycles.